The summed E-state index contributed by atoms with van der Waals surface area (Å²) in [5, 5.41) is 0.743. The number of halogens is 1. The lowest BCUT2D eigenvalue weighted by atomic mass is 10.2. The first-order valence-corrected chi connectivity index (χ1v) is 4.64. The zero-order valence-electron chi connectivity index (χ0n) is 7.66. The molecule has 0 aliphatic carbocycles. The van der Waals surface area contributed by atoms with E-state index in [1.54, 1.807) is 0 Å². The van der Waals surface area contributed by atoms with Crippen molar-refractivity contribution in [2.75, 3.05) is 6.61 Å². The Balaban J connectivity index is 2.41. The molecule has 2 N–H and O–H groups in total. The van der Waals surface area contributed by atoms with E-state index in [1.165, 1.54) is 0 Å². The van der Waals surface area contributed by atoms with Crippen molar-refractivity contribution < 1.29 is 4.74 Å². The van der Waals surface area contributed by atoms with Gasteiger partial charge in [-0.05, 0) is 18.6 Å². The van der Waals surface area contributed by atoms with E-state index in [0.29, 0.717) is 13.2 Å². The Morgan fingerprint density at radius 2 is 2.15 bits per heavy atom. The Bertz CT molecular complexity index is 263. The number of nitrogens with two attached hydrogens (primary N) is 1. The predicted molar refractivity (Wildman–Crippen MR) is 54.8 cm³/mol. The van der Waals surface area contributed by atoms with Crippen LogP contribution in [0.15, 0.2) is 24.3 Å². The highest BCUT2D eigenvalue weighted by Crippen LogP contribution is 2.15. The third-order valence-electron chi connectivity index (χ3n) is 1.60. The molecule has 0 saturated carbocycles. The van der Waals surface area contributed by atoms with Crippen molar-refractivity contribution in [3.05, 3.63) is 34.9 Å². The molecule has 0 radical (unpaired) electrons. The van der Waals surface area contributed by atoms with Gasteiger partial charge in [0.2, 0.25) is 0 Å². The minimum absolute atomic E-state index is 0.0717. The molecule has 0 aromatic heterocycles. The van der Waals surface area contributed by atoms with E-state index >= 15 is 0 Å². The predicted octanol–water partition coefficient (Wildman–Crippen LogP) is 2.20. The maximum Gasteiger partial charge on any atom is 0.0732 e. The minimum atomic E-state index is 0.0717. The van der Waals surface area contributed by atoms with Crippen molar-refractivity contribution in [3.8, 4) is 0 Å². The molecule has 0 heterocycles. The second kappa shape index (κ2) is 5.22. The first-order valence-electron chi connectivity index (χ1n) is 4.27. The molecule has 0 spiro atoms. The highest BCUT2D eigenvalue weighted by atomic mass is 35.5. The zero-order valence-corrected chi connectivity index (χ0v) is 8.42. The summed E-state index contributed by atoms with van der Waals surface area (Å²) in [6.45, 7) is 3.00. The lowest BCUT2D eigenvalue weighted by Gasteiger charge is -2.07. The van der Waals surface area contributed by atoms with Crippen LogP contribution in [-0.2, 0) is 11.3 Å². The number of ether oxygens (including phenoxy) is 1. The molecule has 0 amide bonds. The third-order valence-corrected chi connectivity index (χ3v) is 1.96. The van der Waals surface area contributed by atoms with Crippen molar-refractivity contribution in [1.29, 1.82) is 0 Å². The van der Waals surface area contributed by atoms with Gasteiger partial charge in [0.15, 0.2) is 0 Å². The first-order chi connectivity index (χ1) is 6.20. The van der Waals surface area contributed by atoms with Crippen LogP contribution in [0.25, 0.3) is 0 Å². The smallest absolute Gasteiger partial charge is 0.0732 e. The normalized spacial score (nSPS) is 12.8. The molecule has 0 fully saturated rings. The Morgan fingerprint density at radius 1 is 1.46 bits per heavy atom. The van der Waals surface area contributed by atoms with Gasteiger partial charge >= 0.3 is 0 Å². The largest absolute Gasteiger partial charge is 0.375 e. The van der Waals surface area contributed by atoms with E-state index in [1.807, 2.05) is 31.2 Å². The van der Waals surface area contributed by atoms with Crippen LogP contribution in [0.2, 0.25) is 5.02 Å². The van der Waals surface area contributed by atoms with Crippen LogP contribution in [0.3, 0.4) is 0 Å². The molecule has 1 aromatic rings. The summed E-state index contributed by atoms with van der Waals surface area (Å²) < 4.78 is 5.35. The van der Waals surface area contributed by atoms with Crippen molar-refractivity contribution >= 4 is 11.6 Å². The van der Waals surface area contributed by atoms with E-state index in [9.17, 15) is 0 Å². The van der Waals surface area contributed by atoms with Crippen LogP contribution in [0.1, 0.15) is 12.5 Å². The summed E-state index contributed by atoms with van der Waals surface area (Å²) in [6.07, 6.45) is 0. The van der Waals surface area contributed by atoms with Gasteiger partial charge in [-0.1, -0.05) is 29.8 Å². The van der Waals surface area contributed by atoms with Crippen LogP contribution >= 0.6 is 11.6 Å². The Morgan fingerprint density at radius 3 is 2.77 bits per heavy atom. The van der Waals surface area contributed by atoms with Gasteiger partial charge in [0.25, 0.3) is 0 Å². The molecule has 13 heavy (non-hydrogen) atoms. The molecule has 1 atom stereocenters. The number of rotatable bonds is 4. The summed E-state index contributed by atoms with van der Waals surface area (Å²) in [7, 11) is 0. The van der Waals surface area contributed by atoms with Gasteiger partial charge in [-0.25, -0.2) is 0 Å². The summed E-state index contributed by atoms with van der Waals surface area (Å²) in [4.78, 5) is 0. The molecular formula is C10H14ClNO. The van der Waals surface area contributed by atoms with Crippen molar-refractivity contribution in [1.82, 2.24) is 0 Å². The number of hydrogen-bond acceptors (Lipinski definition) is 2. The zero-order chi connectivity index (χ0) is 9.68. The molecule has 3 heteroatoms. The molecule has 0 bridgehead atoms. The van der Waals surface area contributed by atoms with Crippen molar-refractivity contribution in [2.45, 2.75) is 19.6 Å². The number of benzene rings is 1. The van der Waals surface area contributed by atoms with Crippen molar-refractivity contribution in [2.24, 2.45) is 5.73 Å². The van der Waals surface area contributed by atoms with Gasteiger partial charge in [0, 0.05) is 11.1 Å². The van der Waals surface area contributed by atoms with Gasteiger partial charge in [-0.2, -0.15) is 0 Å². The second-order valence-corrected chi connectivity index (χ2v) is 3.49. The molecular weight excluding hydrogens is 186 g/mol. The molecule has 1 aromatic carbocycles. The van der Waals surface area contributed by atoms with E-state index < -0.39 is 0 Å². The average Bonchev–Trinajstić information content (AvgIpc) is 2.08. The summed E-state index contributed by atoms with van der Waals surface area (Å²) in [6, 6.07) is 7.71. The first kappa shape index (κ1) is 10.5. The quantitative estimate of drug-likeness (QED) is 0.807. The summed E-state index contributed by atoms with van der Waals surface area (Å²) in [5.74, 6) is 0. The maximum absolute atomic E-state index is 5.93. The van der Waals surface area contributed by atoms with Crippen LogP contribution in [0.5, 0.6) is 0 Å². The average molecular weight is 200 g/mol. The lowest BCUT2D eigenvalue weighted by molar-refractivity contribution is 0.111. The van der Waals surface area contributed by atoms with Crippen LogP contribution in [-0.4, -0.2) is 12.6 Å². The fourth-order valence-corrected chi connectivity index (χ4v) is 1.16. The van der Waals surface area contributed by atoms with E-state index in [-0.39, 0.29) is 6.04 Å². The van der Waals surface area contributed by atoms with E-state index in [0.717, 1.165) is 10.6 Å². The highest BCUT2D eigenvalue weighted by molar-refractivity contribution is 6.31. The molecule has 1 rings (SSSR count). The van der Waals surface area contributed by atoms with Crippen LogP contribution < -0.4 is 5.73 Å². The summed E-state index contributed by atoms with van der Waals surface area (Å²) in [5.41, 5.74) is 6.54. The standard InChI is InChI=1S/C10H14ClNO/c1-8(12)6-13-7-9-4-2-3-5-10(9)11/h2-5,8H,6-7,12H2,1H3. The van der Waals surface area contributed by atoms with Gasteiger partial charge in [-0.15, -0.1) is 0 Å². The molecule has 0 aliphatic heterocycles. The second-order valence-electron chi connectivity index (χ2n) is 3.08. The Kier molecular flexibility index (Phi) is 4.22. The molecule has 2 nitrogen and oxygen atoms in total. The van der Waals surface area contributed by atoms with Gasteiger partial charge in [-0.3, -0.25) is 0 Å². The minimum Gasteiger partial charge on any atom is -0.375 e. The molecule has 0 aliphatic rings. The number of hydrogen-bond donors (Lipinski definition) is 1. The van der Waals surface area contributed by atoms with Crippen molar-refractivity contribution in [3.63, 3.8) is 0 Å². The topological polar surface area (TPSA) is 35.2 Å². The molecule has 1 unspecified atom stereocenters. The Hall–Kier alpha value is -0.570. The highest BCUT2D eigenvalue weighted by Gasteiger charge is 1.99. The van der Waals surface area contributed by atoms with Crippen LogP contribution in [0.4, 0.5) is 0 Å². The third kappa shape index (κ3) is 3.77. The maximum atomic E-state index is 5.93. The molecule has 72 valence electrons. The monoisotopic (exact) mass is 199 g/mol. The fraction of sp³-hybridized carbons (Fsp3) is 0.400. The Labute approximate surface area is 83.6 Å². The fourth-order valence-electron chi connectivity index (χ4n) is 0.970. The van der Waals surface area contributed by atoms with Gasteiger partial charge in [0.05, 0.1) is 13.2 Å². The van der Waals surface area contributed by atoms with E-state index in [4.69, 9.17) is 22.1 Å². The van der Waals surface area contributed by atoms with Gasteiger partial charge in [0.1, 0.15) is 0 Å². The van der Waals surface area contributed by atoms with Gasteiger partial charge < -0.3 is 10.5 Å². The summed E-state index contributed by atoms with van der Waals surface area (Å²) >= 11 is 5.93. The van der Waals surface area contributed by atoms with Crippen LogP contribution in [0, 0.1) is 0 Å². The lowest BCUT2D eigenvalue weighted by Crippen LogP contribution is -2.21. The molecule has 0 saturated heterocycles. The van der Waals surface area contributed by atoms with E-state index in [2.05, 4.69) is 0 Å². The SMILES string of the molecule is CC(N)COCc1ccccc1Cl.